The lowest BCUT2D eigenvalue weighted by Crippen LogP contribution is -1.88. The quantitative estimate of drug-likeness (QED) is 0.404. The van der Waals surface area contributed by atoms with Gasteiger partial charge in [0.25, 0.3) is 0 Å². The van der Waals surface area contributed by atoms with Gasteiger partial charge in [0.15, 0.2) is 6.29 Å². The number of pyridine rings is 1. The van der Waals surface area contributed by atoms with Crippen LogP contribution in [-0.4, -0.2) is 17.5 Å². The molecule has 0 aromatic carbocycles. The molecular formula is C7H6ClNOS. The van der Waals surface area contributed by atoms with E-state index in [-0.39, 0.29) is 0 Å². The highest BCUT2D eigenvalue weighted by Gasteiger charge is 2.01. The fraction of sp³-hybridized carbons (Fsp3) is 0.143. The highest BCUT2D eigenvalue weighted by Crippen LogP contribution is 2.18. The van der Waals surface area contributed by atoms with Crippen molar-refractivity contribution in [1.29, 1.82) is 0 Å². The Hall–Kier alpha value is -0.540. The van der Waals surface area contributed by atoms with E-state index in [2.05, 4.69) is 4.98 Å². The van der Waals surface area contributed by atoms with Crippen LogP contribution < -0.4 is 0 Å². The number of thioether (sulfide) groups is 1. The van der Waals surface area contributed by atoms with Crippen LogP contribution >= 0.6 is 23.4 Å². The molecule has 0 atom stereocenters. The van der Waals surface area contributed by atoms with E-state index in [1.54, 1.807) is 12.1 Å². The third kappa shape index (κ3) is 1.94. The van der Waals surface area contributed by atoms with Crippen molar-refractivity contribution >= 4 is 29.6 Å². The second-order valence-corrected chi connectivity index (χ2v) is 3.03. The molecule has 0 amide bonds. The maximum absolute atomic E-state index is 10.4. The maximum atomic E-state index is 10.4. The zero-order valence-corrected chi connectivity index (χ0v) is 7.45. The third-order valence-electron chi connectivity index (χ3n) is 1.18. The summed E-state index contributed by atoms with van der Waals surface area (Å²) in [6.07, 6.45) is 2.63. The monoisotopic (exact) mass is 187 g/mol. The van der Waals surface area contributed by atoms with Crippen LogP contribution in [0.15, 0.2) is 17.2 Å². The standard InChI is InChI=1S/C7H6ClNOS/c1-11-7-5(4-10)2-3-6(8)9-7/h2-4H,1H3. The maximum Gasteiger partial charge on any atom is 0.152 e. The Kier molecular flexibility index (Phi) is 2.91. The second-order valence-electron chi connectivity index (χ2n) is 1.85. The molecule has 0 bridgehead atoms. The molecule has 2 nitrogen and oxygen atoms in total. The van der Waals surface area contributed by atoms with Gasteiger partial charge in [-0.25, -0.2) is 4.98 Å². The summed E-state index contributed by atoms with van der Waals surface area (Å²) < 4.78 is 0. The second kappa shape index (κ2) is 3.74. The minimum Gasteiger partial charge on any atom is -0.298 e. The minimum absolute atomic E-state index is 0.417. The number of aldehydes is 1. The average Bonchev–Trinajstić information content (AvgIpc) is 2.04. The van der Waals surface area contributed by atoms with Gasteiger partial charge in [0, 0.05) is 5.56 Å². The van der Waals surface area contributed by atoms with E-state index in [0.717, 1.165) is 6.29 Å². The van der Waals surface area contributed by atoms with Crippen LogP contribution in [0.2, 0.25) is 5.15 Å². The van der Waals surface area contributed by atoms with E-state index >= 15 is 0 Å². The SMILES string of the molecule is CSc1nc(Cl)ccc1C=O. The molecule has 0 saturated carbocycles. The molecule has 4 heteroatoms. The van der Waals surface area contributed by atoms with E-state index < -0.39 is 0 Å². The van der Waals surface area contributed by atoms with Gasteiger partial charge in [-0.15, -0.1) is 11.8 Å². The molecule has 1 aromatic rings. The number of aromatic nitrogens is 1. The first kappa shape index (κ1) is 8.56. The fourth-order valence-corrected chi connectivity index (χ4v) is 1.42. The summed E-state index contributed by atoms with van der Waals surface area (Å²) in [4.78, 5) is 14.4. The van der Waals surface area contributed by atoms with Crippen molar-refractivity contribution in [1.82, 2.24) is 4.98 Å². The molecule has 0 aliphatic heterocycles. The van der Waals surface area contributed by atoms with Crippen molar-refractivity contribution in [2.45, 2.75) is 5.03 Å². The van der Waals surface area contributed by atoms with Crippen molar-refractivity contribution in [2.24, 2.45) is 0 Å². The summed E-state index contributed by atoms with van der Waals surface area (Å²) in [6, 6.07) is 3.26. The van der Waals surface area contributed by atoms with Gasteiger partial charge in [0.05, 0.1) is 0 Å². The molecule has 0 N–H and O–H groups in total. The van der Waals surface area contributed by atoms with Crippen LogP contribution in [0.4, 0.5) is 0 Å². The predicted octanol–water partition coefficient (Wildman–Crippen LogP) is 2.27. The molecule has 0 aliphatic rings. The average molecular weight is 188 g/mol. The molecular weight excluding hydrogens is 182 g/mol. The van der Waals surface area contributed by atoms with Crippen LogP contribution in [-0.2, 0) is 0 Å². The first-order valence-corrected chi connectivity index (χ1v) is 4.54. The molecule has 0 fully saturated rings. The molecule has 0 unspecified atom stereocenters. The lowest BCUT2D eigenvalue weighted by Gasteiger charge is -1.98. The van der Waals surface area contributed by atoms with Gasteiger partial charge in [0.1, 0.15) is 10.2 Å². The summed E-state index contributed by atoms with van der Waals surface area (Å²) >= 11 is 7.02. The Bertz CT molecular complexity index is 277. The molecule has 0 radical (unpaired) electrons. The Labute approximate surface area is 74.0 Å². The van der Waals surface area contributed by atoms with E-state index in [1.807, 2.05) is 6.26 Å². The van der Waals surface area contributed by atoms with Crippen molar-refractivity contribution in [2.75, 3.05) is 6.26 Å². The number of hydrogen-bond donors (Lipinski definition) is 0. The van der Waals surface area contributed by atoms with Crippen LogP contribution in [0, 0.1) is 0 Å². The summed E-state index contributed by atoms with van der Waals surface area (Å²) in [5.41, 5.74) is 0.585. The van der Waals surface area contributed by atoms with Crippen LogP contribution in [0.5, 0.6) is 0 Å². The first-order valence-electron chi connectivity index (χ1n) is 2.93. The van der Waals surface area contributed by atoms with E-state index in [9.17, 15) is 4.79 Å². The largest absolute Gasteiger partial charge is 0.298 e. The van der Waals surface area contributed by atoms with Gasteiger partial charge in [0.2, 0.25) is 0 Å². The van der Waals surface area contributed by atoms with Crippen molar-refractivity contribution in [3.63, 3.8) is 0 Å². The number of halogens is 1. The van der Waals surface area contributed by atoms with E-state index in [4.69, 9.17) is 11.6 Å². The van der Waals surface area contributed by atoms with Gasteiger partial charge < -0.3 is 0 Å². The molecule has 1 rings (SSSR count). The molecule has 11 heavy (non-hydrogen) atoms. The molecule has 58 valence electrons. The van der Waals surface area contributed by atoms with Crippen LogP contribution in [0.25, 0.3) is 0 Å². The van der Waals surface area contributed by atoms with Crippen molar-refractivity contribution in [3.05, 3.63) is 22.8 Å². The lowest BCUT2D eigenvalue weighted by molar-refractivity contribution is 0.112. The summed E-state index contributed by atoms with van der Waals surface area (Å²) in [5.74, 6) is 0. The normalized spacial score (nSPS) is 9.64. The number of nitrogens with zero attached hydrogens (tertiary/aromatic N) is 1. The Balaban J connectivity index is 3.16. The van der Waals surface area contributed by atoms with Crippen LogP contribution in [0.3, 0.4) is 0 Å². The van der Waals surface area contributed by atoms with Gasteiger partial charge in [-0.05, 0) is 18.4 Å². The van der Waals surface area contributed by atoms with Gasteiger partial charge >= 0.3 is 0 Å². The Morgan fingerprint density at radius 1 is 1.64 bits per heavy atom. The number of rotatable bonds is 2. The summed E-state index contributed by atoms with van der Waals surface area (Å²) in [5, 5.41) is 1.09. The van der Waals surface area contributed by atoms with E-state index in [1.165, 1.54) is 11.8 Å². The zero-order chi connectivity index (χ0) is 8.27. The number of carbonyl (C=O) groups is 1. The molecule has 0 spiro atoms. The minimum atomic E-state index is 0.417. The smallest absolute Gasteiger partial charge is 0.152 e. The molecule has 0 saturated heterocycles. The zero-order valence-electron chi connectivity index (χ0n) is 5.87. The van der Waals surface area contributed by atoms with Crippen molar-refractivity contribution in [3.8, 4) is 0 Å². The van der Waals surface area contributed by atoms with Crippen molar-refractivity contribution < 1.29 is 4.79 Å². The summed E-state index contributed by atoms with van der Waals surface area (Å²) in [6.45, 7) is 0. The Morgan fingerprint density at radius 2 is 2.36 bits per heavy atom. The molecule has 1 aromatic heterocycles. The Morgan fingerprint density at radius 3 is 2.91 bits per heavy atom. The van der Waals surface area contributed by atoms with Crippen LogP contribution in [0.1, 0.15) is 10.4 Å². The topological polar surface area (TPSA) is 30.0 Å². The van der Waals surface area contributed by atoms with Gasteiger partial charge in [-0.1, -0.05) is 11.6 Å². The number of carbonyl (C=O) groups excluding carboxylic acids is 1. The van der Waals surface area contributed by atoms with Gasteiger partial charge in [-0.2, -0.15) is 0 Å². The fourth-order valence-electron chi connectivity index (χ4n) is 0.682. The van der Waals surface area contributed by atoms with E-state index in [0.29, 0.717) is 15.7 Å². The highest BCUT2D eigenvalue weighted by molar-refractivity contribution is 7.98. The highest BCUT2D eigenvalue weighted by atomic mass is 35.5. The van der Waals surface area contributed by atoms with Gasteiger partial charge in [-0.3, -0.25) is 4.79 Å². The third-order valence-corrected chi connectivity index (χ3v) is 2.10. The first-order chi connectivity index (χ1) is 5.27. The predicted molar refractivity (Wildman–Crippen MR) is 46.4 cm³/mol. The lowest BCUT2D eigenvalue weighted by atomic mass is 10.3. The summed E-state index contributed by atoms with van der Waals surface area (Å²) in [7, 11) is 0. The molecule has 0 aliphatic carbocycles. The molecule has 1 heterocycles. The number of hydrogen-bond acceptors (Lipinski definition) is 3.